The highest BCUT2D eigenvalue weighted by atomic mass is 35.5. The van der Waals surface area contributed by atoms with Gasteiger partial charge >= 0.3 is 6.03 Å². The Morgan fingerprint density at radius 1 is 1.04 bits per heavy atom. The third kappa shape index (κ3) is 3.61. The van der Waals surface area contributed by atoms with Crippen LogP contribution < -0.4 is 10.1 Å². The summed E-state index contributed by atoms with van der Waals surface area (Å²) in [6.07, 6.45) is 0. The molecule has 8 heteroatoms. The van der Waals surface area contributed by atoms with E-state index >= 15 is 0 Å². The number of amides is 3. The molecule has 3 amide bonds. The van der Waals surface area contributed by atoms with Crippen molar-refractivity contribution in [3.8, 4) is 5.75 Å². The standard InChI is InChI=1S/C18H15Cl3N2O3/c1-18(14-7-4-12(20)10-15(14)21)16(24)23(17(25)22-18)8-9-26-13-5-2-11(19)3-6-13/h2-7,10H,8-9H2,1H3,(H,22,25). The molecule has 1 atom stereocenters. The van der Waals surface area contributed by atoms with Crippen molar-refractivity contribution in [1.82, 2.24) is 10.2 Å². The van der Waals surface area contributed by atoms with E-state index in [9.17, 15) is 9.59 Å². The number of nitrogens with one attached hydrogen (secondary N) is 1. The predicted octanol–water partition coefficient (Wildman–Crippen LogP) is 4.49. The zero-order valence-corrected chi connectivity index (χ0v) is 16.0. The van der Waals surface area contributed by atoms with Crippen molar-refractivity contribution in [3.05, 3.63) is 63.1 Å². The maximum absolute atomic E-state index is 12.8. The number of ether oxygens (including phenoxy) is 1. The first-order valence-corrected chi connectivity index (χ1v) is 8.92. The topological polar surface area (TPSA) is 58.6 Å². The van der Waals surface area contributed by atoms with Crippen LogP contribution in [0, 0.1) is 0 Å². The van der Waals surface area contributed by atoms with Gasteiger partial charge in [0.15, 0.2) is 0 Å². The highest BCUT2D eigenvalue weighted by Gasteiger charge is 2.49. The Balaban J connectivity index is 1.71. The van der Waals surface area contributed by atoms with Gasteiger partial charge in [-0.1, -0.05) is 40.9 Å². The first kappa shape index (κ1) is 18.8. The summed E-state index contributed by atoms with van der Waals surface area (Å²) >= 11 is 17.9. The van der Waals surface area contributed by atoms with Gasteiger partial charge in [-0.3, -0.25) is 9.69 Å². The fourth-order valence-corrected chi connectivity index (χ4v) is 3.49. The van der Waals surface area contributed by atoms with E-state index in [4.69, 9.17) is 39.5 Å². The van der Waals surface area contributed by atoms with E-state index in [0.29, 0.717) is 26.4 Å². The Morgan fingerprint density at radius 2 is 1.69 bits per heavy atom. The highest BCUT2D eigenvalue weighted by Crippen LogP contribution is 2.34. The molecule has 0 spiro atoms. The molecule has 1 fully saturated rings. The number of halogens is 3. The van der Waals surface area contributed by atoms with E-state index in [1.807, 2.05) is 0 Å². The van der Waals surface area contributed by atoms with Crippen LogP contribution in [-0.4, -0.2) is 30.0 Å². The van der Waals surface area contributed by atoms with Crippen LogP contribution in [0.4, 0.5) is 4.79 Å². The van der Waals surface area contributed by atoms with Crippen molar-refractivity contribution in [2.45, 2.75) is 12.5 Å². The second-order valence-electron chi connectivity index (χ2n) is 5.94. The number of imide groups is 1. The number of carbonyl (C=O) groups is 2. The van der Waals surface area contributed by atoms with E-state index in [2.05, 4.69) is 5.32 Å². The second-order valence-corrected chi connectivity index (χ2v) is 7.22. The van der Waals surface area contributed by atoms with Crippen molar-refractivity contribution in [1.29, 1.82) is 0 Å². The molecule has 1 aliphatic rings. The highest BCUT2D eigenvalue weighted by molar-refractivity contribution is 6.35. The monoisotopic (exact) mass is 412 g/mol. The van der Waals surface area contributed by atoms with Crippen LogP contribution in [-0.2, 0) is 10.3 Å². The molecule has 0 aliphatic carbocycles. The minimum absolute atomic E-state index is 0.105. The Kier molecular flexibility index (Phi) is 5.32. The van der Waals surface area contributed by atoms with Crippen LogP contribution in [0.15, 0.2) is 42.5 Å². The number of nitrogens with zero attached hydrogens (tertiary/aromatic N) is 1. The molecule has 0 radical (unpaired) electrons. The summed E-state index contributed by atoms with van der Waals surface area (Å²) in [6.45, 7) is 1.88. The van der Waals surface area contributed by atoms with Gasteiger partial charge in [-0.25, -0.2) is 4.79 Å². The number of carbonyl (C=O) groups excluding carboxylic acids is 2. The number of hydrogen-bond donors (Lipinski definition) is 1. The van der Waals surface area contributed by atoms with Crippen molar-refractivity contribution >= 4 is 46.7 Å². The van der Waals surface area contributed by atoms with Gasteiger partial charge in [0.05, 0.1) is 6.54 Å². The molecule has 0 bridgehead atoms. The van der Waals surface area contributed by atoms with Gasteiger partial charge in [-0.15, -0.1) is 0 Å². The largest absolute Gasteiger partial charge is 0.492 e. The van der Waals surface area contributed by atoms with Crippen LogP contribution >= 0.6 is 34.8 Å². The lowest BCUT2D eigenvalue weighted by Crippen LogP contribution is -2.41. The molecule has 5 nitrogen and oxygen atoms in total. The first-order chi connectivity index (χ1) is 12.3. The van der Waals surface area contributed by atoms with Crippen molar-refractivity contribution in [2.75, 3.05) is 13.2 Å². The number of hydrogen-bond acceptors (Lipinski definition) is 3. The fraction of sp³-hybridized carbons (Fsp3) is 0.222. The lowest BCUT2D eigenvalue weighted by atomic mass is 9.92. The molecule has 2 aromatic rings. The summed E-state index contributed by atoms with van der Waals surface area (Å²) in [5, 5.41) is 4.06. The third-order valence-corrected chi connectivity index (χ3v) is 4.94. The molecule has 26 heavy (non-hydrogen) atoms. The summed E-state index contributed by atoms with van der Waals surface area (Å²) in [7, 11) is 0. The number of urea groups is 1. The van der Waals surface area contributed by atoms with Crippen LogP contribution in [0.3, 0.4) is 0 Å². The molecule has 1 N–H and O–H groups in total. The zero-order valence-electron chi connectivity index (χ0n) is 13.8. The molecule has 1 unspecified atom stereocenters. The quantitative estimate of drug-likeness (QED) is 0.735. The smallest absolute Gasteiger partial charge is 0.325 e. The van der Waals surface area contributed by atoms with Crippen LogP contribution in [0.25, 0.3) is 0 Å². The lowest BCUT2D eigenvalue weighted by molar-refractivity contribution is -0.131. The average molecular weight is 414 g/mol. The average Bonchev–Trinajstić information content (AvgIpc) is 2.80. The maximum atomic E-state index is 12.8. The molecule has 1 heterocycles. The summed E-state index contributed by atoms with van der Waals surface area (Å²) in [4.78, 5) is 26.2. The van der Waals surface area contributed by atoms with Gasteiger partial charge in [0, 0.05) is 20.6 Å². The van der Waals surface area contributed by atoms with E-state index in [-0.39, 0.29) is 13.2 Å². The molecule has 0 aromatic heterocycles. The van der Waals surface area contributed by atoms with E-state index in [1.54, 1.807) is 43.3 Å². The van der Waals surface area contributed by atoms with Crippen molar-refractivity contribution < 1.29 is 14.3 Å². The van der Waals surface area contributed by atoms with E-state index < -0.39 is 17.5 Å². The van der Waals surface area contributed by atoms with Crippen molar-refractivity contribution in [3.63, 3.8) is 0 Å². The molecule has 1 saturated heterocycles. The Bertz CT molecular complexity index is 857. The van der Waals surface area contributed by atoms with Crippen LogP contribution in [0.5, 0.6) is 5.75 Å². The van der Waals surface area contributed by atoms with E-state index in [0.717, 1.165) is 4.90 Å². The molecular weight excluding hydrogens is 399 g/mol. The fourth-order valence-electron chi connectivity index (χ4n) is 2.76. The molecular formula is C18H15Cl3N2O3. The zero-order chi connectivity index (χ0) is 18.9. The minimum Gasteiger partial charge on any atom is -0.492 e. The van der Waals surface area contributed by atoms with Crippen LogP contribution in [0.1, 0.15) is 12.5 Å². The molecule has 3 rings (SSSR count). The number of benzene rings is 2. The molecule has 136 valence electrons. The van der Waals surface area contributed by atoms with Gasteiger partial charge in [0.25, 0.3) is 5.91 Å². The number of rotatable bonds is 5. The Morgan fingerprint density at radius 3 is 2.35 bits per heavy atom. The Hall–Kier alpha value is -1.95. The third-order valence-electron chi connectivity index (χ3n) is 4.14. The lowest BCUT2D eigenvalue weighted by Gasteiger charge is -2.23. The summed E-state index contributed by atoms with van der Waals surface area (Å²) in [5.74, 6) is 0.205. The van der Waals surface area contributed by atoms with Gasteiger partial charge in [-0.05, 0) is 43.3 Å². The summed E-state index contributed by atoms with van der Waals surface area (Å²) in [5.41, 5.74) is -0.762. The van der Waals surface area contributed by atoms with Crippen LogP contribution in [0.2, 0.25) is 15.1 Å². The second kappa shape index (κ2) is 7.35. The van der Waals surface area contributed by atoms with E-state index in [1.165, 1.54) is 6.07 Å². The SMILES string of the molecule is CC1(c2ccc(Cl)cc2Cl)NC(=O)N(CCOc2ccc(Cl)cc2)C1=O. The van der Waals surface area contributed by atoms with Gasteiger partial charge in [0.2, 0.25) is 0 Å². The maximum Gasteiger partial charge on any atom is 0.325 e. The first-order valence-electron chi connectivity index (χ1n) is 7.79. The molecule has 2 aromatic carbocycles. The van der Waals surface area contributed by atoms with Gasteiger partial charge in [0.1, 0.15) is 17.9 Å². The van der Waals surface area contributed by atoms with Gasteiger partial charge < -0.3 is 10.1 Å². The molecule has 0 saturated carbocycles. The summed E-state index contributed by atoms with van der Waals surface area (Å²) < 4.78 is 5.56. The molecule has 1 aliphatic heterocycles. The van der Waals surface area contributed by atoms with Gasteiger partial charge in [-0.2, -0.15) is 0 Å². The minimum atomic E-state index is -1.25. The van der Waals surface area contributed by atoms with Crippen molar-refractivity contribution in [2.24, 2.45) is 0 Å². The normalized spacial score (nSPS) is 19.6. The summed E-state index contributed by atoms with van der Waals surface area (Å²) in [6, 6.07) is 11.1. The Labute approximate surface area is 165 Å². The predicted molar refractivity (Wildman–Crippen MR) is 101 cm³/mol.